The van der Waals surface area contributed by atoms with Gasteiger partial charge in [0.05, 0.1) is 19.3 Å². The molecule has 7 heteroatoms. The minimum absolute atomic E-state index is 0.129. The van der Waals surface area contributed by atoms with Crippen LogP contribution < -0.4 is 0 Å². The Morgan fingerprint density at radius 1 is 1.29 bits per heavy atom. The van der Waals surface area contributed by atoms with E-state index in [2.05, 4.69) is 22.0 Å². The first-order chi connectivity index (χ1) is 11.7. The number of hydrogen-bond donors (Lipinski definition) is 0. The van der Waals surface area contributed by atoms with Crippen LogP contribution in [0.3, 0.4) is 0 Å². The zero-order valence-electron chi connectivity index (χ0n) is 13.6. The Labute approximate surface area is 144 Å². The molecule has 0 saturated carbocycles. The molecule has 2 aromatic rings. The Balaban J connectivity index is 1.53. The fraction of sp³-hybridized carbons (Fsp3) is 0.529. The van der Waals surface area contributed by atoms with Crippen LogP contribution in [-0.2, 0) is 9.47 Å². The van der Waals surface area contributed by atoms with Gasteiger partial charge in [-0.05, 0) is 19.1 Å². The summed E-state index contributed by atoms with van der Waals surface area (Å²) in [5.41, 5.74) is 0.335. The van der Waals surface area contributed by atoms with E-state index in [9.17, 15) is 4.39 Å². The Morgan fingerprint density at radius 2 is 2.17 bits per heavy atom. The summed E-state index contributed by atoms with van der Waals surface area (Å²) >= 11 is 1.46. The number of morpholine rings is 1. The summed E-state index contributed by atoms with van der Waals surface area (Å²) in [7, 11) is 0. The third-order valence-corrected chi connectivity index (χ3v) is 5.92. The molecule has 0 amide bonds. The van der Waals surface area contributed by atoms with Crippen molar-refractivity contribution in [2.45, 2.75) is 25.0 Å². The second kappa shape index (κ2) is 6.48. The van der Waals surface area contributed by atoms with E-state index in [1.807, 2.05) is 6.07 Å². The van der Waals surface area contributed by atoms with Crippen LogP contribution in [0.2, 0.25) is 0 Å². The van der Waals surface area contributed by atoms with E-state index in [1.165, 1.54) is 17.4 Å². The van der Waals surface area contributed by atoms with Gasteiger partial charge >= 0.3 is 0 Å². The molecule has 0 N–H and O–H groups in total. The monoisotopic (exact) mass is 349 g/mol. The quantitative estimate of drug-likeness (QED) is 0.853. The lowest BCUT2D eigenvalue weighted by atomic mass is 10.00. The van der Waals surface area contributed by atoms with E-state index in [1.54, 1.807) is 12.1 Å². The van der Waals surface area contributed by atoms with Crippen molar-refractivity contribution in [3.63, 3.8) is 0 Å². The highest BCUT2D eigenvalue weighted by Crippen LogP contribution is 2.34. The Bertz CT molecular complexity index is 717. The largest absolute Gasteiger partial charge is 0.378 e. The topological polar surface area (TPSA) is 47.5 Å². The highest BCUT2D eigenvalue weighted by atomic mass is 32.1. The molecule has 2 aliphatic heterocycles. The number of hydrogen-bond acceptors (Lipinski definition) is 6. The van der Waals surface area contributed by atoms with Gasteiger partial charge in [0.2, 0.25) is 0 Å². The van der Waals surface area contributed by atoms with E-state index < -0.39 is 0 Å². The molecule has 1 spiro atoms. The third-order valence-electron chi connectivity index (χ3n) is 4.80. The summed E-state index contributed by atoms with van der Waals surface area (Å²) < 4.78 is 25.5. The molecule has 0 unspecified atom stereocenters. The van der Waals surface area contributed by atoms with E-state index in [4.69, 9.17) is 9.47 Å². The van der Waals surface area contributed by atoms with Gasteiger partial charge < -0.3 is 9.47 Å². The summed E-state index contributed by atoms with van der Waals surface area (Å²) in [6.45, 7) is 5.94. The molecule has 0 aliphatic carbocycles. The van der Waals surface area contributed by atoms with Gasteiger partial charge in [0, 0.05) is 31.7 Å². The molecule has 0 bridgehead atoms. The van der Waals surface area contributed by atoms with Crippen LogP contribution in [-0.4, -0.2) is 53.6 Å². The molecular weight excluding hydrogens is 329 g/mol. The minimum Gasteiger partial charge on any atom is -0.378 e. The van der Waals surface area contributed by atoms with Crippen LogP contribution in [0.4, 0.5) is 4.39 Å². The normalized spacial score (nSPS) is 26.1. The molecule has 5 nitrogen and oxygen atoms in total. The maximum atomic E-state index is 13.9. The zero-order valence-corrected chi connectivity index (χ0v) is 14.4. The first-order valence-electron chi connectivity index (χ1n) is 8.21. The van der Waals surface area contributed by atoms with Gasteiger partial charge in [0.1, 0.15) is 16.4 Å². The average molecular weight is 349 g/mol. The second-order valence-corrected chi connectivity index (χ2v) is 7.41. The molecule has 1 aromatic heterocycles. The predicted octanol–water partition coefficient (Wildman–Crippen LogP) is 2.90. The number of nitrogens with zero attached hydrogens (tertiary/aromatic N) is 3. The summed E-state index contributed by atoms with van der Waals surface area (Å²) in [6, 6.07) is 6.81. The van der Waals surface area contributed by atoms with Crippen molar-refractivity contribution in [1.29, 1.82) is 0 Å². The van der Waals surface area contributed by atoms with E-state index in [-0.39, 0.29) is 17.5 Å². The van der Waals surface area contributed by atoms with Gasteiger partial charge in [-0.1, -0.05) is 23.5 Å². The maximum Gasteiger partial charge on any atom is 0.150 e. The van der Waals surface area contributed by atoms with Crippen LogP contribution in [0.15, 0.2) is 24.3 Å². The lowest BCUT2D eigenvalue weighted by Gasteiger charge is -2.41. The number of benzene rings is 1. The van der Waals surface area contributed by atoms with Crippen molar-refractivity contribution in [3.05, 3.63) is 35.1 Å². The molecule has 2 fully saturated rings. The molecule has 128 valence electrons. The number of ether oxygens (including phenoxy) is 2. The minimum atomic E-state index is -0.263. The number of aromatic nitrogens is 2. The maximum absolute atomic E-state index is 13.9. The van der Waals surface area contributed by atoms with Crippen molar-refractivity contribution in [1.82, 2.24) is 15.1 Å². The zero-order chi connectivity index (χ0) is 16.6. The van der Waals surface area contributed by atoms with Gasteiger partial charge in [-0.3, -0.25) is 4.90 Å². The number of halogens is 1. The van der Waals surface area contributed by atoms with Crippen LogP contribution in [0.25, 0.3) is 10.6 Å². The standard InChI is InChI=1S/C17H20FN3O2S/c1-12(21-7-9-23-17(10-21)6-8-22-11-17)15-19-20-16(24-15)13-4-2-3-5-14(13)18/h2-5,12H,6-11H2,1H3/t12-,17+/m0/s1. The highest BCUT2D eigenvalue weighted by molar-refractivity contribution is 7.14. The van der Waals surface area contributed by atoms with E-state index in [0.717, 1.165) is 31.1 Å². The third kappa shape index (κ3) is 2.97. The molecule has 3 heterocycles. The van der Waals surface area contributed by atoms with Gasteiger partial charge in [-0.2, -0.15) is 0 Å². The molecule has 2 atom stereocenters. The SMILES string of the molecule is C[C@@H](c1nnc(-c2ccccc2F)s1)N1CCO[C@]2(CCOC2)C1. The van der Waals surface area contributed by atoms with Gasteiger partial charge in [0.25, 0.3) is 0 Å². The highest BCUT2D eigenvalue weighted by Gasteiger charge is 2.42. The van der Waals surface area contributed by atoms with Crippen molar-refractivity contribution in [2.24, 2.45) is 0 Å². The van der Waals surface area contributed by atoms with Gasteiger partial charge in [-0.15, -0.1) is 10.2 Å². The summed E-state index contributed by atoms with van der Waals surface area (Å²) in [5, 5.41) is 10.0. The fourth-order valence-electron chi connectivity index (χ4n) is 3.33. The Kier molecular flexibility index (Phi) is 4.34. The van der Waals surface area contributed by atoms with E-state index >= 15 is 0 Å². The molecule has 0 radical (unpaired) electrons. The first-order valence-corrected chi connectivity index (χ1v) is 9.03. The molecule has 1 aromatic carbocycles. The Morgan fingerprint density at radius 3 is 2.96 bits per heavy atom. The van der Waals surface area contributed by atoms with Crippen LogP contribution in [0, 0.1) is 5.82 Å². The number of rotatable bonds is 3. The first kappa shape index (κ1) is 16.1. The van der Waals surface area contributed by atoms with E-state index in [0.29, 0.717) is 23.8 Å². The van der Waals surface area contributed by atoms with Gasteiger partial charge in [0.15, 0.2) is 5.01 Å². The van der Waals surface area contributed by atoms with Crippen molar-refractivity contribution >= 4 is 11.3 Å². The van der Waals surface area contributed by atoms with Crippen LogP contribution in [0.5, 0.6) is 0 Å². The molecular formula is C17H20FN3O2S. The Hall–Kier alpha value is -1.41. The smallest absolute Gasteiger partial charge is 0.150 e. The summed E-state index contributed by atoms with van der Waals surface area (Å²) in [6.07, 6.45) is 0.937. The predicted molar refractivity (Wildman–Crippen MR) is 89.4 cm³/mol. The summed E-state index contributed by atoms with van der Waals surface area (Å²) in [5.74, 6) is -0.263. The second-order valence-electron chi connectivity index (χ2n) is 6.41. The molecule has 4 rings (SSSR count). The molecule has 24 heavy (non-hydrogen) atoms. The van der Waals surface area contributed by atoms with Gasteiger partial charge in [-0.25, -0.2) is 4.39 Å². The van der Waals surface area contributed by atoms with Crippen LogP contribution in [0.1, 0.15) is 24.4 Å². The van der Waals surface area contributed by atoms with Crippen LogP contribution >= 0.6 is 11.3 Å². The molecule has 2 saturated heterocycles. The molecule has 2 aliphatic rings. The average Bonchev–Trinajstić information content (AvgIpc) is 3.25. The lowest BCUT2D eigenvalue weighted by molar-refractivity contribution is -0.117. The summed E-state index contributed by atoms with van der Waals surface area (Å²) in [4.78, 5) is 2.36. The van der Waals surface area contributed by atoms with Crippen molar-refractivity contribution in [2.75, 3.05) is 32.9 Å². The van der Waals surface area contributed by atoms with Crippen molar-refractivity contribution < 1.29 is 13.9 Å². The fourth-order valence-corrected chi connectivity index (χ4v) is 4.29. The van der Waals surface area contributed by atoms with Crippen molar-refractivity contribution in [3.8, 4) is 10.6 Å². The lowest BCUT2D eigenvalue weighted by Crippen LogP contribution is -2.52.